The topological polar surface area (TPSA) is 9.23 Å². The molecule has 0 saturated carbocycles. The van der Waals surface area contributed by atoms with E-state index in [2.05, 4.69) is 13.8 Å². The molecule has 0 N–H and O–H groups in total. The molecule has 0 aliphatic carbocycles. The van der Waals surface area contributed by atoms with Crippen LogP contribution in [-0.2, 0) is 4.74 Å². The van der Waals surface area contributed by atoms with E-state index < -0.39 is 18.7 Å². The Kier molecular flexibility index (Phi) is 5.20. The molecule has 0 bridgehead atoms. The summed E-state index contributed by atoms with van der Waals surface area (Å²) in [6.07, 6.45) is -5.13. The van der Waals surface area contributed by atoms with Crippen molar-refractivity contribution >= 4 is 0 Å². The summed E-state index contributed by atoms with van der Waals surface area (Å²) in [4.78, 5) is 0. The maximum absolute atomic E-state index is 12.4. The highest BCUT2D eigenvalue weighted by molar-refractivity contribution is 5.27. The summed E-state index contributed by atoms with van der Waals surface area (Å²) in [6.45, 7) is 4.12. The lowest BCUT2D eigenvalue weighted by atomic mass is 9.95. The maximum atomic E-state index is 12.4. The van der Waals surface area contributed by atoms with Gasteiger partial charge in [-0.2, -0.15) is 13.2 Å². The fourth-order valence-electron chi connectivity index (χ4n) is 1.85. The molecule has 4 heteroatoms. The quantitative estimate of drug-likeness (QED) is 0.736. The Morgan fingerprint density at radius 2 is 1.83 bits per heavy atom. The van der Waals surface area contributed by atoms with Gasteiger partial charge in [-0.1, -0.05) is 38.1 Å². The summed E-state index contributed by atoms with van der Waals surface area (Å²) in [5.41, 5.74) is 1.65. The zero-order chi connectivity index (χ0) is 13.8. The third-order valence-electron chi connectivity index (χ3n) is 3.17. The van der Waals surface area contributed by atoms with Crippen molar-refractivity contribution in [3.63, 3.8) is 0 Å². The maximum Gasteiger partial charge on any atom is 0.391 e. The highest BCUT2D eigenvalue weighted by Crippen LogP contribution is 2.32. The van der Waals surface area contributed by atoms with Crippen LogP contribution in [0.25, 0.3) is 0 Å². The van der Waals surface area contributed by atoms with Crippen molar-refractivity contribution < 1.29 is 17.9 Å². The molecule has 0 aliphatic heterocycles. The standard InChI is InChI=1S/C14H19F3O/c1-4-10(2)11-6-5-7-12(8-11)13(18-3)9-14(15,16)17/h5-8,10,13H,4,9H2,1-3H3. The van der Waals surface area contributed by atoms with Gasteiger partial charge in [0.05, 0.1) is 12.5 Å². The third-order valence-corrected chi connectivity index (χ3v) is 3.17. The molecule has 0 aromatic heterocycles. The monoisotopic (exact) mass is 260 g/mol. The van der Waals surface area contributed by atoms with Gasteiger partial charge < -0.3 is 4.74 Å². The Hall–Kier alpha value is -1.03. The first-order chi connectivity index (χ1) is 8.37. The van der Waals surface area contributed by atoms with E-state index in [-0.39, 0.29) is 0 Å². The number of ether oxygens (including phenoxy) is 1. The third kappa shape index (κ3) is 4.33. The van der Waals surface area contributed by atoms with Crippen LogP contribution in [0.4, 0.5) is 13.2 Å². The van der Waals surface area contributed by atoms with Gasteiger partial charge in [-0.15, -0.1) is 0 Å². The van der Waals surface area contributed by atoms with Gasteiger partial charge in [-0.05, 0) is 23.5 Å². The molecule has 0 saturated heterocycles. The van der Waals surface area contributed by atoms with Crippen LogP contribution in [0.1, 0.15) is 49.8 Å². The molecule has 1 nitrogen and oxygen atoms in total. The SMILES string of the molecule is CCC(C)c1cccc(C(CC(F)(F)F)OC)c1. The normalized spacial score (nSPS) is 15.4. The molecule has 0 spiro atoms. The molecule has 18 heavy (non-hydrogen) atoms. The molecular weight excluding hydrogens is 241 g/mol. The van der Waals surface area contributed by atoms with Gasteiger partial charge >= 0.3 is 6.18 Å². The molecule has 0 heterocycles. The zero-order valence-corrected chi connectivity index (χ0v) is 10.9. The number of benzene rings is 1. The van der Waals surface area contributed by atoms with Crippen LogP contribution in [0, 0.1) is 0 Å². The summed E-state index contributed by atoms with van der Waals surface area (Å²) < 4.78 is 42.2. The van der Waals surface area contributed by atoms with E-state index in [4.69, 9.17) is 4.74 Å². The second-order valence-corrected chi connectivity index (χ2v) is 4.52. The Bertz CT molecular complexity index is 374. The fourth-order valence-corrected chi connectivity index (χ4v) is 1.85. The van der Waals surface area contributed by atoms with Gasteiger partial charge in [0.15, 0.2) is 0 Å². The van der Waals surface area contributed by atoms with Crippen LogP contribution in [0.5, 0.6) is 0 Å². The molecule has 2 atom stereocenters. The summed E-state index contributed by atoms with van der Waals surface area (Å²) in [6, 6.07) is 7.23. The first-order valence-electron chi connectivity index (χ1n) is 6.06. The minimum atomic E-state index is -4.22. The molecule has 1 rings (SSSR count). The molecular formula is C14H19F3O. The van der Waals surface area contributed by atoms with E-state index in [1.807, 2.05) is 12.1 Å². The van der Waals surface area contributed by atoms with E-state index in [0.717, 1.165) is 12.0 Å². The van der Waals surface area contributed by atoms with Gasteiger partial charge in [-0.3, -0.25) is 0 Å². The minimum Gasteiger partial charge on any atom is -0.376 e. The van der Waals surface area contributed by atoms with Gasteiger partial charge in [0.25, 0.3) is 0 Å². The zero-order valence-electron chi connectivity index (χ0n) is 10.9. The minimum absolute atomic E-state index is 0.341. The summed E-state index contributed by atoms with van der Waals surface area (Å²) in [5.74, 6) is 0.341. The van der Waals surface area contributed by atoms with Crippen molar-refractivity contribution in [1.29, 1.82) is 0 Å². The van der Waals surface area contributed by atoms with Gasteiger partial charge in [0, 0.05) is 7.11 Å². The largest absolute Gasteiger partial charge is 0.391 e. The first-order valence-corrected chi connectivity index (χ1v) is 6.06. The number of methoxy groups -OCH3 is 1. The summed E-state index contributed by atoms with van der Waals surface area (Å²) >= 11 is 0. The van der Waals surface area contributed by atoms with E-state index in [1.54, 1.807) is 12.1 Å². The van der Waals surface area contributed by atoms with E-state index >= 15 is 0 Å². The van der Waals surface area contributed by atoms with Crippen molar-refractivity contribution in [1.82, 2.24) is 0 Å². The molecule has 1 aromatic carbocycles. The van der Waals surface area contributed by atoms with E-state index in [1.165, 1.54) is 7.11 Å². The smallest absolute Gasteiger partial charge is 0.376 e. The van der Waals surface area contributed by atoms with Crippen molar-refractivity contribution in [2.24, 2.45) is 0 Å². The van der Waals surface area contributed by atoms with Gasteiger partial charge in [0.1, 0.15) is 0 Å². The van der Waals surface area contributed by atoms with Crippen LogP contribution in [0.15, 0.2) is 24.3 Å². The lowest BCUT2D eigenvalue weighted by molar-refractivity contribution is -0.158. The van der Waals surface area contributed by atoms with Crippen LogP contribution in [-0.4, -0.2) is 13.3 Å². The number of halogens is 3. The Morgan fingerprint density at radius 1 is 1.22 bits per heavy atom. The van der Waals surface area contributed by atoms with Crippen molar-refractivity contribution in [3.8, 4) is 0 Å². The fraction of sp³-hybridized carbons (Fsp3) is 0.571. The Labute approximate surface area is 106 Å². The highest BCUT2D eigenvalue weighted by atomic mass is 19.4. The lowest BCUT2D eigenvalue weighted by Gasteiger charge is -2.19. The number of alkyl halides is 3. The number of rotatable bonds is 5. The van der Waals surface area contributed by atoms with Gasteiger partial charge in [-0.25, -0.2) is 0 Å². The Morgan fingerprint density at radius 3 is 2.33 bits per heavy atom. The predicted octanol–water partition coefficient (Wildman–Crippen LogP) is 4.84. The average Bonchev–Trinajstić information content (AvgIpc) is 2.34. The highest BCUT2D eigenvalue weighted by Gasteiger charge is 2.32. The Balaban J connectivity index is 2.93. The van der Waals surface area contributed by atoms with Crippen LogP contribution in [0.3, 0.4) is 0 Å². The molecule has 0 fully saturated rings. The van der Waals surface area contributed by atoms with Crippen molar-refractivity contribution in [2.45, 2.75) is 44.9 Å². The lowest BCUT2D eigenvalue weighted by Crippen LogP contribution is -2.15. The molecule has 1 aromatic rings. The average molecular weight is 260 g/mol. The van der Waals surface area contributed by atoms with E-state index in [0.29, 0.717) is 11.5 Å². The second kappa shape index (κ2) is 6.23. The molecule has 0 radical (unpaired) electrons. The second-order valence-electron chi connectivity index (χ2n) is 4.52. The van der Waals surface area contributed by atoms with Crippen LogP contribution in [0.2, 0.25) is 0 Å². The molecule has 102 valence electrons. The van der Waals surface area contributed by atoms with Gasteiger partial charge in [0.2, 0.25) is 0 Å². The molecule has 2 unspecified atom stereocenters. The van der Waals surface area contributed by atoms with E-state index in [9.17, 15) is 13.2 Å². The molecule has 0 amide bonds. The van der Waals surface area contributed by atoms with Crippen LogP contribution >= 0.6 is 0 Å². The predicted molar refractivity (Wildman–Crippen MR) is 65.6 cm³/mol. The number of hydrogen-bond acceptors (Lipinski definition) is 1. The number of hydrogen-bond donors (Lipinski definition) is 0. The summed E-state index contributed by atoms with van der Waals surface area (Å²) in [5, 5.41) is 0. The van der Waals surface area contributed by atoms with Crippen molar-refractivity contribution in [2.75, 3.05) is 7.11 Å². The first kappa shape index (κ1) is 15.0. The van der Waals surface area contributed by atoms with Crippen LogP contribution < -0.4 is 0 Å². The molecule has 0 aliphatic rings. The summed E-state index contributed by atoms with van der Waals surface area (Å²) in [7, 11) is 1.31. The van der Waals surface area contributed by atoms with Crippen molar-refractivity contribution in [3.05, 3.63) is 35.4 Å².